The van der Waals surface area contributed by atoms with Crippen LogP contribution in [0.5, 0.6) is 0 Å². The first kappa shape index (κ1) is 14.8. The summed E-state index contributed by atoms with van der Waals surface area (Å²) < 4.78 is 31.7. The van der Waals surface area contributed by atoms with E-state index in [9.17, 15) is 13.9 Å². The molecule has 1 fully saturated rings. The number of methoxy groups -OCH3 is 1. The van der Waals surface area contributed by atoms with E-state index in [2.05, 4.69) is 0 Å². The summed E-state index contributed by atoms with van der Waals surface area (Å²) in [6, 6.07) is 0. The third-order valence-electron chi connectivity index (χ3n) is 3.82. The molecule has 102 valence electrons. The summed E-state index contributed by atoms with van der Waals surface area (Å²) in [4.78, 5) is 0. The normalized spacial score (nSPS) is 26.8. The summed E-state index contributed by atoms with van der Waals surface area (Å²) in [6.07, 6.45) is 1.62. The van der Waals surface area contributed by atoms with Crippen molar-refractivity contribution in [1.29, 1.82) is 0 Å². The second-order valence-corrected chi connectivity index (χ2v) is 5.78. The molecule has 0 bridgehead atoms. The lowest BCUT2D eigenvalue weighted by Crippen LogP contribution is -2.34. The molecule has 17 heavy (non-hydrogen) atoms. The van der Waals surface area contributed by atoms with Crippen molar-refractivity contribution in [2.75, 3.05) is 7.11 Å². The van der Waals surface area contributed by atoms with Crippen molar-refractivity contribution in [3.8, 4) is 0 Å². The van der Waals surface area contributed by atoms with E-state index in [1.54, 1.807) is 7.11 Å². The van der Waals surface area contributed by atoms with Crippen LogP contribution in [-0.2, 0) is 4.74 Å². The third kappa shape index (κ3) is 4.88. The Morgan fingerprint density at radius 3 is 2.65 bits per heavy atom. The minimum absolute atomic E-state index is 0.0280. The van der Waals surface area contributed by atoms with Crippen LogP contribution in [0.1, 0.15) is 52.4 Å². The Kier molecular flexibility index (Phi) is 4.90. The Balaban J connectivity index is 2.40. The van der Waals surface area contributed by atoms with Crippen LogP contribution in [0.15, 0.2) is 0 Å². The minimum atomic E-state index is -2.58. The molecule has 4 heteroatoms. The highest BCUT2D eigenvalue weighted by molar-refractivity contribution is 4.83. The SMILES string of the molecule is COC(C)(C)CCC(O)C1CCCC(F)(F)C1. The Hall–Kier alpha value is -0.220. The summed E-state index contributed by atoms with van der Waals surface area (Å²) in [5.74, 6) is -2.84. The number of hydrogen-bond donors (Lipinski definition) is 1. The van der Waals surface area contributed by atoms with Gasteiger partial charge in [-0.3, -0.25) is 0 Å². The monoisotopic (exact) mass is 250 g/mol. The lowest BCUT2D eigenvalue weighted by molar-refractivity contribution is -0.0803. The van der Waals surface area contributed by atoms with Crippen LogP contribution in [-0.4, -0.2) is 29.8 Å². The van der Waals surface area contributed by atoms with Crippen molar-refractivity contribution >= 4 is 0 Å². The van der Waals surface area contributed by atoms with Gasteiger partial charge in [0.15, 0.2) is 0 Å². The van der Waals surface area contributed by atoms with Gasteiger partial charge in [-0.15, -0.1) is 0 Å². The molecule has 0 spiro atoms. The molecular weight excluding hydrogens is 226 g/mol. The fourth-order valence-electron chi connectivity index (χ4n) is 2.37. The maximum Gasteiger partial charge on any atom is 0.248 e. The zero-order valence-electron chi connectivity index (χ0n) is 11.0. The average Bonchev–Trinajstić information content (AvgIpc) is 2.24. The third-order valence-corrected chi connectivity index (χ3v) is 3.82. The van der Waals surface area contributed by atoms with Gasteiger partial charge in [0.25, 0.3) is 0 Å². The fraction of sp³-hybridized carbons (Fsp3) is 1.00. The second kappa shape index (κ2) is 5.61. The molecular formula is C13H24F2O2. The van der Waals surface area contributed by atoms with Gasteiger partial charge in [0.2, 0.25) is 5.92 Å². The van der Waals surface area contributed by atoms with Crippen LogP contribution >= 0.6 is 0 Å². The van der Waals surface area contributed by atoms with E-state index in [0.717, 1.165) is 0 Å². The highest BCUT2D eigenvalue weighted by Crippen LogP contribution is 2.39. The lowest BCUT2D eigenvalue weighted by atomic mass is 9.81. The average molecular weight is 250 g/mol. The molecule has 1 aliphatic carbocycles. The Morgan fingerprint density at radius 1 is 1.47 bits per heavy atom. The van der Waals surface area contributed by atoms with E-state index in [-0.39, 0.29) is 24.4 Å². The second-order valence-electron chi connectivity index (χ2n) is 5.78. The Bertz CT molecular complexity index is 242. The van der Waals surface area contributed by atoms with Gasteiger partial charge >= 0.3 is 0 Å². The van der Waals surface area contributed by atoms with Crippen molar-refractivity contribution in [2.24, 2.45) is 5.92 Å². The van der Waals surface area contributed by atoms with E-state index in [4.69, 9.17) is 4.74 Å². The Morgan fingerprint density at radius 2 is 2.12 bits per heavy atom. The zero-order chi connectivity index (χ0) is 13.1. The van der Waals surface area contributed by atoms with Gasteiger partial charge < -0.3 is 9.84 Å². The first-order valence-electron chi connectivity index (χ1n) is 6.37. The zero-order valence-corrected chi connectivity index (χ0v) is 11.0. The molecule has 0 aromatic heterocycles. The highest BCUT2D eigenvalue weighted by atomic mass is 19.3. The molecule has 0 amide bonds. The molecule has 2 nitrogen and oxygen atoms in total. The van der Waals surface area contributed by atoms with Crippen LogP contribution in [0.4, 0.5) is 8.78 Å². The van der Waals surface area contributed by atoms with E-state index in [0.29, 0.717) is 25.7 Å². The first-order chi connectivity index (χ1) is 7.76. The number of rotatable bonds is 5. The molecule has 0 aromatic carbocycles. The molecule has 0 saturated heterocycles. The topological polar surface area (TPSA) is 29.5 Å². The fourth-order valence-corrected chi connectivity index (χ4v) is 2.37. The maximum absolute atomic E-state index is 13.2. The van der Waals surface area contributed by atoms with Gasteiger partial charge in [0.1, 0.15) is 0 Å². The molecule has 1 rings (SSSR count). The van der Waals surface area contributed by atoms with Crippen LogP contribution in [0.2, 0.25) is 0 Å². The number of hydrogen-bond acceptors (Lipinski definition) is 2. The summed E-state index contributed by atoms with van der Waals surface area (Å²) in [7, 11) is 1.63. The number of aliphatic hydroxyl groups is 1. The van der Waals surface area contributed by atoms with Crippen molar-refractivity contribution in [3.63, 3.8) is 0 Å². The summed E-state index contributed by atoms with van der Waals surface area (Å²) >= 11 is 0. The first-order valence-corrected chi connectivity index (χ1v) is 6.37. The molecule has 1 N–H and O–H groups in total. The van der Waals surface area contributed by atoms with E-state index in [1.807, 2.05) is 13.8 Å². The van der Waals surface area contributed by atoms with Crippen LogP contribution in [0.25, 0.3) is 0 Å². The number of aliphatic hydroxyl groups excluding tert-OH is 1. The number of halogens is 2. The number of ether oxygens (including phenoxy) is 1. The van der Waals surface area contributed by atoms with Crippen molar-refractivity contribution in [3.05, 3.63) is 0 Å². The van der Waals surface area contributed by atoms with Crippen molar-refractivity contribution in [2.45, 2.75) is 70.0 Å². The predicted octanol–water partition coefficient (Wildman–Crippen LogP) is 3.38. The summed E-state index contributed by atoms with van der Waals surface area (Å²) in [5.41, 5.74) is -0.293. The highest BCUT2D eigenvalue weighted by Gasteiger charge is 2.39. The van der Waals surface area contributed by atoms with E-state index < -0.39 is 12.0 Å². The van der Waals surface area contributed by atoms with Gasteiger partial charge in [-0.05, 0) is 45.4 Å². The van der Waals surface area contributed by atoms with Crippen molar-refractivity contribution in [1.82, 2.24) is 0 Å². The van der Waals surface area contributed by atoms with Gasteiger partial charge in [-0.2, -0.15) is 0 Å². The Labute approximate surface area is 102 Å². The smallest absolute Gasteiger partial charge is 0.248 e. The largest absolute Gasteiger partial charge is 0.393 e. The van der Waals surface area contributed by atoms with Crippen LogP contribution in [0.3, 0.4) is 0 Å². The maximum atomic E-state index is 13.2. The van der Waals surface area contributed by atoms with E-state index >= 15 is 0 Å². The molecule has 0 heterocycles. The molecule has 0 radical (unpaired) electrons. The van der Waals surface area contributed by atoms with Crippen LogP contribution < -0.4 is 0 Å². The minimum Gasteiger partial charge on any atom is -0.393 e. The molecule has 2 unspecified atom stereocenters. The molecule has 1 aliphatic rings. The molecule has 2 atom stereocenters. The van der Waals surface area contributed by atoms with E-state index in [1.165, 1.54) is 0 Å². The summed E-state index contributed by atoms with van der Waals surface area (Å²) in [6.45, 7) is 3.88. The van der Waals surface area contributed by atoms with Crippen LogP contribution in [0, 0.1) is 5.92 Å². The lowest BCUT2D eigenvalue weighted by Gasteiger charge is -2.33. The quantitative estimate of drug-likeness (QED) is 0.810. The van der Waals surface area contributed by atoms with Gasteiger partial charge in [-0.25, -0.2) is 8.78 Å². The van der Waals surface area contributed by atoms with Gasteiger partial charge in [0, 0.05) is 20.0 Å². The molecule has 0 aromatic rings. The molecule has 0 aliphatic heterocycles. The standard InChI is InChI=1S/C13H24F2O2/c1-12(2,17-3)8-6-11(16)10-5-4-7-13(14,15)9-10/h10-11,16H,4-9H2,1-3H3. The van der Waals surface area contributed by atoms with Gasteiger partial charge in [0.05, 0.1) is 11.7 Å². The predicted molar refractivity (Wildman–Crippen MR) is 63.2 cm³/mol. The molecule has 1 saturated carbocycles. The van der Waals surface area contributed by atoms with Gasteiger partial charge in [-0.1, -0.05) is 0 Å². The summed E-state index contributed by atoms with van der Waals surface area (Å²) in [5, 5.41) is 9.98. The number of alkyl halides is 2. The van der Waals surface area contributed by atoms with Crippen molar-refractivity contribution < 1.29 is 18.6 Å².